The van der Waals surface area contributed by atoms with E-state index in [1.807, 2.05) is 30.3 Å². The molecule has 21 heavy (non-hydrogen) atoms. The molecule has 0 saturated heterocycles. The lowest BCUT2D eigenvalue weighted by atomic mass is 9.97. The lowest BCUT2D eigenvalue weighted by Gasteiger charge is -2.11. The molecule has 4 nitrogen and oxygen atoms in total. The van der Waals surface area contributed by atoms with E-state index in [9.17, 15) is 0 Å². The van der Waals surface area contributed by atoms with Gasteiger partial charge in [0.1, 0.15) is 10.6 Å². The summed E-state index contributed by atoms with van der Waals surface area (Å²) in [5, 5.41) is 4.30. The molecule has 106 valence electrons. The van der Waals surface area contributed by atoms with Crippen molar-refractivity contribution in [1.29, 1.82) is 0 Å². The molecule has 0 bridgehead atoms. The van der Waals surface area contributed by atoms with Gasteiger partial charge in [-0.2, -0.15) is 4.98 Å². The quantitative estimate of drug-likeness (QED) is 0.753. The van der Waals surface area contributed by atoms with E-state index in [0.29, 0.717) is 11.8 Å². The van der Waals surface area contributed by atoms with E-state index in [1.165, 1.54) is 23.3 Å². The highest BCUT2D eigenvalue weighted by atomic mass is 32.1. The summed E-state index contributed by atoms with van der Waals surface area (Å²) in [5.74, 6) is 1.17. The van der Waals surface area contributed by atoms with Crippen molar-refractivity contribution in [1.82, 2.24) is 9.97 Å². The number of aromatic nitrogens is 2. The second-order valence-corrected chi connectivity index (χ2v) is 6.40. The molecule has 0 atom stereocenters. The van der Waals surface area contributed by atoms with Gasteiger partial charge in [0.05, 0.1) is 5.39 Å². The number of hydrogen-bond acceptors (Lipinski definition) is 5. The van der Waals surface area contributed by atoms with Crippen LogP contribution in [0, 0.1) is 0 Å². The molecule has 1 aliphatic carbocycles. The van der Waals surface area contributed by atoms with E-state index < -0.39 is 0 Å². The fourth-order valence-corrected chi connectivity index (χ4v) is 4.16. The van der Waals surface area contributed by atoms with Gasteiger partial charge in [-0.3, -0.25) is 0 Å². The summed E-state index contributed by atoms with van der Waals surface area (Å²) in [6, 6.07) is 9.92. The maximum atomic E-state index is 6.19. The molecule has 0 radical (unpaired) electrons. The molecule has 2 heterocycles. The number of nitrogens with zero attached hydrogens (tertiary/aromatic N) is 2. The molecule has 3 aromatic rings. The number of nitrogens with one attached hydrogen (secondary N) is 1. The van der Waals surface area contributed by atoms with Crippen LogP contribution in [-0.4, -0.2) is 9.97 Å². The maximum Gasteiger partial charge on any atom is 0.230 e. The average Bonchev–Trinajstić information content (AvgIpc) is 2.87. The second kappa shape index (κ2) is 5.00. The summed E-state index contributed by atoms with van der Waals surface area (Å²) in [4.78, 5) is 11.5. The standard InChI is InChI=1S/C16H16N4S/c17-14-13-11-8-4-5-9-12(11)21-15(13)20-16(19-14)18-10-6-2-1-3-7-10/h1-3,6-7H,4-5,8-9H2,(H3,17,18,19,20). The third-order valence-electron chi connectivity index (χ3n) is 3.87. The van der Waals surface area contributed by atoms with Crippen LogP contribution < -0.4 is 11.1 Å². The van der Waals surface area contributed by atoms with Crippen LogP contribution >= 0.6 is 11.3 Å². The van der Waals surface area contributed by atoms with Crippen molar-refractivity contribution >= 4 is 39.0 Å². The predicted molar refractivity (Wildman–Crippen MR) is 88.2 cm³/mol. The fraction of sp³-hybridized carbons (Fsp3) is 0.250. The molecule has 0 aliphatic heterocycles. The van der Waals surface area contributed by atoms with Crippen LogP contribution in [0.15, 0.2) is 30.3 Å². The minimum atomic E-state index is 0.574. The van der Waals surface area contributed by atoms with Crippen LogP contribution in [0.25, 0.3) is 10.2 Å². The lowest BCUT2D eigenvalue weighted by Crippen LogP contribution is -2.03. The number of benzene rings is 1. The summed E-state index contributed by atoms with van der Waals surface area (Å²) < 4.78 is 0. The van der Waals surface area contributed by atoms with Crippen LogP contribution in [0.3, 0.4) is 0 Å². The molecule has 3 N–H and O–H groups in total. The number of fused-ring (bicyclic) bond motifs is 3. The normalized spacial score (nSPS) is 14.1. The maximum absolute atomic E-state index is 6.19. The van der Waals surface area contributed by atoms with E-state index in [2.05, 4.69) is 15.3 Å². The first-order chi connectivity index (χ1) is 10.3. The third-order valence-corrected chi connectivity index (χ3v) is 5.06. The average molecular weight is 296 g/mol. The van der Waals surface area contributed by atoms with Gasteiger partial charge >= 0.3 is 0 Å². The molecule has 0 unspecified atom stereocenters. The zero-order valence-electron chi connectivity index (χ0n) is 11.6. The number of rotatable bonds is 2. The van der Waals surface area contributed by atoms with Crippen molar-refractivity contribution in [3.05, 3.63) is 40.8 Å². The van der Waals surface area contributed by atoms with Crippen LogP contribution in [0.5, 0.6) is 0 Å². The molecule has 0 spiro atoms. The SMILES string of the molecule is Nc1nc(Nc2ccccc2)nc2sc3c(c12)CCCC3. The van der Waals surface area contributed by atoms with E-state index in [0.717, 1.165) is 28.7 Å². The monoisotopic (exact) mass is 296 g/mol. The summed E-state index contributed by atoms with van der Waals surface area (Å²) in [6.45, 7) is 0. The summed E-state index contributed by atoms with van der Waals surface area (Å²) >= 11 is 1.77. The van der Waals surface area contributed by atoms with Gasteiger partial charge in [0.25, 0.3) is 0 Å². The van der Waals surface area contributed by atoms with Gasteiger partial charge in [0, 0.05) is 10.6 Å². The van der Waals surface area contributed by atoms with Crippen LogP contribution in [0.2, 0.25) is 0 Å². The minimum Gasteiger partial charge on any atom is -0.383 e. The Morgan fingerprint density at radius 2 is 1.86 bits per heavy atom. The number of thiophene rings is 1. The highest BCUT2D eigenvalue weighted by Gasteiger charge is 2.20. The van der Waals surface area contributed by atoms with Crippen molar-refractivity contribution in [3.8, 4) is 0 Å². The third kappa shape index (κ3) is 2.23. The van der Waals surface area contributed by atoms with Gasteiger partial charge in [-0.1, -0.05) is 18.2 Å². The van der Waals surface area contributed by atoms with Gasteiger partial charge < -0.3 is 11.1 Å². The Bertz CT molecular complexity index is 795. The molecule has 4 rings (SSSR count). The van der Waals surface area contributed by atoms with E-state index in [1.54, 1.807) is 11.3 Å². The highest BCUT2D eigenvalue weighted by Crippen LogP contribution is 2.38. The molecule has 1 aromatic carbocycles. The van der Waals surface area contributed by atoms with Crippen LogP contribution in [0.1, 0.15) is 23.3 Å². The predicted octanol–water partition coefficient (Wildman–Crippen LogP) is 3.90. The fourth-order valence-electron chi connectivity index (χ4n) is 2.89. The molecule has 0 amide bonds. The van der Waals surface area contributed by atoms with Gasteiger partial charge in [-0.05, 0) is 43.4 Å². The molecule has 5 heteroatoms. The Morgan fingerprint density at radius 1 is 1.05 bits per heavy atom. The Labute approximate surface area is 127 Å². The molecule has 0 saturated carbocycles. The van der Waals surface area contributed by atoms with Crippen LogP contribution in [-0.2, 0) is 12.8 Å². The van der Waals surface area contributed by atoms with Crippen molar-refractivity contribution in [2.75, 3.05) is 11.1 Å². The smallest absolute Gasteiger partial charge is 0.230 e. The number of para-hydroxylation sites is 1. The molecular formula is C16H16N4S. The number of hydrogen-bond donors (Lipinski definition) is 2. The van der Waals surface area contributed by atoms with Gasteiger partial charge in [-0.15, -0.1) is 11.3 Å². The van der Waals surface area contributed by atoms with Gasteiger partial charge in [-0.25, -0.2) is 4.98 Å². The highest BCUT2D eigenvalue weighted by molar-refractivity contribution is 7.19. The Kier molecular flexibility index (Phi) is 3.00. The Morgan fingerprint density at radius 3 is 2.71 bits per heavy atom. The largest absolute Gasteiger partial charge is 0.383 e. The van der Waals surface area contributed by atoms with E-state index in [-0.39, 0.29) is 0 Å². The first kappa shape index (κ1) is 12.6. The first-order valence-electron chi connectivity index (χ1n) is 7.21. The number of aryl methyl sites for hydroxylation is 2. The summed E-state index contributed by atoms with van der Waals surface area (Å²) in [5.41, 5.74) is 8.54. The summed E-state index contributed by atoms with van der Waals surface area (Å²) in [6.07, 6.45) is 4.76. The Balaban J connectivity index is 1.79. The molecular weight excluding hydrogens is 280 g/mol. The van der Waals surface area contributed by atoms with Crippen molar-refractivity contribution in [3.63, 3.8) is 0 Å². The number of anilines is 3. The Hall–Kier alpha value is -2.14. The van der Waals surface area contributed by atoms with Gasteiger partial charge in [0.2, 0.25) is 5.95 Å². The summed E-state index contributed by atoms with van der Waals surface area (Å²) in [7, 11) is 0. The lowest BCUT2D eigenvalue weighted by molar-refractivity contribution is 0.700. The van der Waals surface area contributed by atoms with Crippen molar-refractivity contribution in [2.45, 2.75) is 25.7 Å². The van der Waals surface area contributed by atoms with E-state index >= 15 is 0 Å². The minimum absolute atomic E-state index is 0.574. The van der Waals surface area contributed by atoms with Crippen molar-refractivity contribution < 1.29 is 0 Å². The van der Waals surface area contributed by atoms with Crippen molar-refractivity contribution in [2.24, 2.45) is 0 Å². The number of nitrogens with two attached hydrogens (primary N) is 1. The molecule has 1 aliphatic rings. The zero-order chi connectivity index (χ0) is 14.2. The zero-order valence-corrected chi connectivity index (χ0v) is 12.4. The topological polar surface area (TPSA) is 63.8 Å². The first-order valence-corrected chi connectivity index (χ1v) is 8.03. The van der Waals surface area contributed by atoms with Gasteiger partial charge in [0.15, 0.2) is 0 Å². The van der Waals surface area contributed by atoms with E-state index in [4.69, 9.17) is 5.73 Å². The second-order valence-electron chi connectivity index (χ2n) is 5.31. The molecule has 2 aromatic heterocycles. The van der Waals surface area contributed by atoms with Crippen LogP contribution in [0.4, 0.5) is 17.5 Å². The molecule has 0 fully saturated rings. The number of nitrogen functional groups attached to an aromatic ring is 1.